The van der Waals surface area contributed by atoms with E-state index in [1.165, 1.54) is 0 Å². The van der Waals surface area contributed by atoms with Crippen molar-refractivity contribution in [3.05, 3.63) is 76.1 Å². The molecule has 6 aliphatic heterocycles. The Morgan fingerprint density at radius 3 is 2.32 bits per heavy atom. The van der Waals surface area contributed by atoms with Crippen molar-refractivity contribution >= 4 is 58.1 Å². The molecule has 0 bridgehead atoms. The second-order valence-electron chi connectivity index (χ2n) is 16.2. The molecule has 14 nitrogen and oxygen atoms in total. The van der Waals surface area contributed by atoms with Crippen molar-refractivity contribution in [2.24, 2.45) is 5.41 Å². The summed E-state index contributed by atoms with van der Waals surface area (Å²) in [6.45, 7) is 15.7. The predicted octanol–water partition coefficient (Wildman–Crippen LogP) is 4.70. The number of rotatable bonds is 7. The standard InChI is InChI=1S/C41H44ClN9O5/c1-25-21-41(24-50(25)28-4-6-33(43-2)32(42)20-28)13-17-48(18-14-41)35-8-10-37(46-45-35)56-29-22-49(23-29)26-11-15-47(16-12-26)27-3-5-30-31(19-27)40(55)51(39(30)54)34-7-9-36(52)44-38(34)53/h3-6,8,10,19-20,25-26,29,34H,7,9,11-18,21-24H2,1H3,(H,44,52,53)/t25-,34?/m0/s1. The van der Waals surface area contributed by atoms with Gasteiger partial charge >= 0.3 is 0 Å². The van der Waals surface area contributed by atoms with Crippen LogP contribution in [0.5, 0.6) is 5.88 Å². The summed E-state index contributed by atoms with van der Waals surface area (Å²) in [5, 5.41) is 11.7. The van der Waals surface area contributed by atoms with E-state index in [2.05, 4.69) is 46.9 Å². The van der Waals surface area contributed by atoms with Crippen molar-refractivity contribution in [2.45, 2.75) is 76.1 Å². The van der Waals surface area contributed by atoms with Crippen molar-refractivity contribution < 1.29 is 23.9 Å². The summed E-state index contributed by atoms with van der Waals surface area (Å²) in [5.41, 5.74) is 3.31. The lowest BCUT2D eigenvalue weighted by atomic mass is 9.77. The number of amides is 4. The molecule has 1 aromatic heterocycles. The van der Waals surface area contributed by atoms with Gasteiger partial charge in [-0.05, 0) is 87.3 Å². The topological polar surface area (TPSA) is 136 Å². The summed E-state index contributed by atoms with van der Waals surface area (Å²) in [7, 11) is 0. The Morgan fingerprint density at radius 1 is 0.875 bits per heavy atom. The molecular weight excluding hydrogens is 734 g/mol. The lowest BCUT2D eigenvalue weighted by molar-refractivity contribution is -0.136. The SMILES string of the molecule is [C-]#[N+]c1ccc(N2CC3(CCN(c4ccc(OC5CN(C6CCN(c7ccc8c(c7)C(=O)N(C7CCC(=O)NC7=O)C8=O)CC6)C5)nn4)CC3)C[C@@H]2C)cc1Cl. The highest BCUT2D eigenvalue weighted by atomic mass is 35.5. The first-order valence-electron chi connectivity index (χ1n) is 19.6. The van der Waals surface area contributed by atoms with Gasteiger partial charge in [0.1, 0.15) is 12.1 Å². The van der Waals surface area contributed by atoms with Crippen LogP contribution in [0.3, 0.4) is 0 Å². The number of fused-ring (bicyclic) bond motifs is 1. The van der Waals surface area contributed by atoms with Crippen LogP contribution in [0.4, 0.5) is 22.9 Å². The van der Waals surface area contributed by atoms with Gasteiger partial charge in [-0.3, -0.25) is 34.3 Å². The van der Waals surface area contributed by atoms with Gasteiger partial charge in [0.05, 0.1) is 17.7 Å². The van der Waals surface area contributed by atoms with E-state index in [4.69, 9.17) is 22.9 Å². The van der Waals surface area contributed by atoms with Gasteiger partial charge in [-0.2, -0.15) is 0 Å². The number of piperidine rings is 3. The number of hydrogen-bond donors (Lipinski definition) is 1. The number of imide groups is 2. The van der Waals surface area contributed by atoms with E-state index in [9.17, 15) is 19.2 Å². The molecule has 2 aromatic carbocycles. The molecule has 4 amide bonds. The smallest absolute Gasteiger partial charge is 0.262 e. The number of ether oxygens (including phenoxy) is 1. The molecule has 1 unspecified atom stereocenters. The first-order chi connectivity index (χ1) is 27.1. The van der Waals surface area contributed by atoms with Gasteiger partial charge in [0.2, 0.25) is 23.4 Å². The maximum Gasteiger partial charge on any atom is 0.262 e. The number of nitrogens with zero attached hydrogens (tertiary/aromatic N) is 8. The highest BCUT2D eigenvalue weighted by molar-refractivity contribution is 6.33. The molecule has 7 heterocycles. The van der Waals surface area contributed by atoms with Crippen molar-refractivity contribution in [2.75, 3.05) is 60.5 Å². The quantitative estimate of drug-likeness (QED) is 0.264. The zero-order valence-electron chi connectivity index (χ0n) is 31.3. The van der Waals surface area contributed by atoms with Crippen LogP contribution in [-0.2, 0) is 9.59 Å². The van der Waals surface area contributed by atoms with E-state index in [0.717, 1.165) is 100 Å². The molecule has 56 heavy (non-hydrogen) atoms. The number of halogens is 1. The summed E-state index contributed by atoms with van der Waals surface area (Å²) in [6, 6.07) is 14.9. The predicted molar refractivity (Wildman–Crippen MR) is 209 cm³/mol. The molecule has 15 heteroatoms. The van der Waals surface area contributed by atoms with Crippen molar-refractivity contribution in [3.63, 3.8) is 0 Å². The molecule has 1 N–H and O–H groups in total. The monoisotopic (exact) mass is 777 g/mol. The van der Waals surface area contributed by atoms with Crippen LogP contribution >= 0.6 is 11.6 Å². The summed E-state index contributed by atoms with van der Waals surface area (Å²) in [5.74, 6) is -0.542. The first-order valence-corrected chi connectivity index (χ1v) is 20.0. The molecule has 5 saturated heterocycles. The maximum absolute atomic E-state index is 13.3. The van der Waals surface area contributed by atoms with E-state index >= 15 is 0 Å². The van der Waals surface area contributed by atoms with Gasteiger partial charge in [-0.25, -0.2) is 4.85 Å². The summed E-state index contributed by atoms with van der Waals surface area (Å²) >= 11 is 6.37. The molecule has 2 atom stereocenters. The van der Waals surface area contributed by atoms with Gasteiger partial charge in [0, 0.05) is 86.8 Å². The number of aromatic nitrogens is 2. The number of nitrogens with one attached hydrogen (secondary N) is 1. The number of likely N-dealkylation sites (tertiary alicyclic amines) is 1. The van der Waals surface area contributed by atoms with Crippen LogP contribution in [0.25, 0.3) is 4.85 Å². The minimum absolute atomic E-state index is 0.0651. The maximum atomic E-state index is 13.3. The average Bonchev–Trinajstić information content (AvgIpc) is 3.64. The lowest BCUT2D eigenvalue weighted by Crippen LogP contribution is -2.59. The zero-order chi connectivity index (χ0) is 38.7. The number of hydrogen-bond acceptors (Lipinski definition) is 11. The second kappa shape index (κ2) is 14.4. The van der Waals surface area contributed by atoms with Crippen molar-refractivity contribution in [1.82, 2.24) is 25.3 Å². The Labute approximate surface area is 330 Å². The zero-order valence-corrected chi connectivity index (χ0v) is 32.1. The van der Waals surface area contributed by atoms with Crippen molar-refractivity contribution in [1.29, 1.82) is 0 Å². The summed E-state index contributed by atoms with van der Waals surface area (Å²) in [6.07, 6.45) is 5.52. The third-order valence-corrected chi connectivity index (χ3v) is 13.2. The number of benzene rings is 2. The molecule has 9 rings (SSSR count). The molecular formula is C41H44ClN9O5. The fourth-order valence-corrected chi connectivity index (χ4v) is 9.92. The Balaban J connectivity index is 0.724. The van der Waals surface area contributed by atoms with Gasteiger partial charge < -0.3 is 19.4 Å². The number of carbonyl (C=O) groups excluding carboxylic acids is 4. The van der Waals surface area contributed by atoms with E-state index in [1.807, 2.05) is 36.4 Å². The van der Waals surface area contributed by atoms with Crippen LogP contribution in [0.2, 0.25) is 5.02 Å². The first kappa shape index (κ1) is 36.4. The molecule has 6 aliphatic rings. The molecule has 290 valence electrons. The summed E-state index contributed by atoms with van der Waals surface area (Å²) in [4.78, 5) is 64.4. The molecule has 0 radical (unpaired) electrons. The average molecular weight is 778 g/mol. The van der Waals surface area contributed by atoms with E-state index in [1.54, 1.807) is 12.1 Å². The highest BCUT2D eigenvalue weighted by Gasteiger charge is 2.46. The normalized spacial score (nSPS) is 24.4. The fraction of sp³-hybridized carbons (Fsp3) is 0.488. The van der Waals surface area contributed by atoms with E-state index in [0.29, 0.717) is 39.8 Å². The fourth-order valence-electron chi connectivity index (χ4n) is 9.70. The highest BCUT2D eigenvalue weighted by Crippen LogP contribution is 2.46. The van der Waals surface area contributed by atoms with Crippen LogP contribution in [0.1, 0.15) is 72.6 Å². The van der Waals surface area contributed by atoms with Gasteiger partial charge in [0.15, 0.2) is 5.82 Å². The number of anilines is 3. The van der Waals surface area contributed by atoms with Crippen LogP contribution < -0.4 is 24.8 Å². The minimum Gasteiger partial charge on any atom is -0.471 e. The third-order valence-electron chi connectivity index (χ3n) is 12.9. The van der Waals surface area contributed by atoms with E-state index in [-0.39, 0.29) is 24.4 Å². The molecule has 0 aliphatic carbocycles. The van der Waals surface area contributed by atoms with Crippen LogP contribution in [0.15, 0.2) is 48.5 Å². The van der Waals surface area contributed by atoms with E-state index < -0.39 is 29.7 Å². The van der Waals surface area contributed by atoms with Crippen molar-refractivity contribution in [3.8, 4) is 5.88 Å². The third kappa shape index (κ3) is 6.60. The second-order valence-corrected chi connectivity index (χ2v) is 16.6. The Hall–Kier alpha value is -5.26. The van der Waals surface area contributed by atoms with Gasteiger partial charge in [-0.1, -0.05) is 17.7 Å². The largest absolute Gasteiger partial charge is 0.471 e. The number of carbonyl (C=O) groups is 4. The molecule has 0 saturated carbocycles. The van der Waals surface area contributed by atoms with Crippen LogP contribution in [-0.4, -0.2) is 114 Å². The Morgan fingerprint density at radius 2 is 1.62 bits per heavy atom. The van der Waals surface area contributed by atoms with Gasteiger partial charge in [-0.15, -0.1) is 10.2 Å². The van der Waals surface area contributed by atoms with Crippen LogP contribution in [0, 0.1) is 12.0 Å². The lowest BCUT2D eigenvalue weighted by Gasteiger charge is -2.46. The molecule has 3 aromatic rings. The Kier molecular flexibility index (Phi) is 9.32. The molecule has 1 spiro atoms. The van der Waals surface area contributed by atoms with Gasteiger partial charge in [0.25, 0.3) is 11.8 Å². The Bertz CT molecular complexity index is 2120. The summed E-state index contributed by atoms with van der Waals surface area (Å²) < 4.78 is 6.21. The minimum atomic E-state index is -0.970. The molecule has 5 fully saturated rings.